The molecule has 0 unspecified atom stereocenters. The van der Waals surface area contributed by atoms with Crippen LogP contribution in [0.25, 0.3) is 0 Å². The first-order chi connectivity index (χ1) is 11.6. The van der Waals surface area contributed by atoms with E-state index < -0.39 is 11.6 Å². The molecule has 1 aliphatic heterocycles. The lowest BCUT2D eigenvalue weighted by atomic mass is 9.91. The van der Waals surface area contributed by atoms with E-state index in [2.05, 4.69) is 4.98 Å². The maximum atomic E-state index is 13.3. The van der Waals surface area contributed by atoms with E-state index in [1.165, 1.54) is 12.1 Å². The smallest absolute Gasteiger partial charge is 0.272 e. The molecule has 0 radical (unpaired) electrons. The molecule has 0 N–H and O–H groups in total. The SMILES string of the molecule is O=C(c1ccccn1)N1CCC[C@H](CCc2ccc(F)c(F)c2)C1. The van der Waals surface area contributed by atoms with Gasteiger partial charge in [0.15, 0.2) is 11.6 Å². The minimum absolute atomic E-state index is 0.0341. The highest BCUT2D eigenvalue weighted by molar-refractivity contribution is 5.92. The van der Waals surface area contributed by atoms with E-state index in [9.17, 15) is 13.6 Å². The van der Waals surface area contributed by atoms with Crippen LogP contribution in [0, 0.1) is 17.6 Å². The summed E-state index contributed by atoms with van der Waals surface area (Å²) < 4.78 is 26.2. The highest BCUT2D eigenvalue weighted by Gasteiger charge is 2.24. The van der Waals surface area contributed by atoms with Crippen molar-refractivity contribution in [1.82, 2.24) is 9.88 Å². The molecule has 0 aliphatic carbocycles. The Labute approximate surface area is 140 Å². The molecule has 1 aromatic heterocycles. The van der Waals surface area contributed by atoms with Crippen LogP contribution in [0.5, 0.6) is 0 Å². The molecule has 1 amide bonds. The number of rotatable bonds is 4. The van der Waals surface area contributed by atoms with Gasteiger partial charge in [-0.25, -0.2) is 8.78 Å². The number of benzene rings is 1. The summed E-state index contributed by atoms with van der Waals surface area (Å²) >= 11 is 0. The maximum Gasteiger partial charge on any atom is 0.272 e. The van der Waals surface area contributed by atoms with Crippen LogP contribution in [0.15, 0.2) is 42.6 Å². The van der Waals surface area contributed by atoms with Gasteiger partial charge in [0.2, 0.25) is 0 Å². The Bertz CT molecular complexity index is 706. The summed E-state index contributed by atoms with van der Waals surface area (Å²) in [6, 6.07) is 9.38. The van der Waals surface area contributed by atoms with Crippen LogP contribution in [0.4, 0.5) is 8.78 Å². The lowest BCUT2D eigenvalue weighted by molar-refractivity contribution is 0.0662. The Morgan fingerprint density at radius 3 is 2.83 bits per heavy atom. The second kappa shape index (κ2) is 7.51. The molecule has 1 aromatic carbocycles. The Balaban J connectivity index is 1.57. The molecule has 24 heavy (non-hydrogen) atoms. The predicted molar refractivity (Wildman–Crippen MR) is 87.5 cm³/mol. The Kier molecular flexibility index (Phi) is 5.18. The molecule has 126 valence electrons. The van der Waals surface area contributed by atoms with Crippen molar-refractivity contribution in [3.8, 4) is 0 Å². The summed E-state index contributed by atoms with van der Waals surface area (Å²) in [7, 11) is 0. The van der Waals surface area contributed by atoms with Gasteiger partial charge in [-0.3, -0.25) is 9.78 Å². The van der Waals surface area contributed by atoms with Crippen LogP contribution in [0.2, 0.25) is 0 Å². The molecule has 0 saturated carbocycles. The Morgan fingerprint density at radius 2 is 2.08 bits per heavy atom. The average Bonchev–Trinajstić information content (AvgIpc) is 2.63. The summed E-state index contributed by atoms with van der Waals surface area (Å²) in [5.74, 6) is -1.28. The van der Waals surface area contributed by atoms with Crippen molar-refractivity contribution in [2.75, 3.05) is 13.1 Å². The molecule has 2 aromatic rings. The molecule has 2 heterocycles. The first kappa shape index (κ1) is 16.6. The quantitative estimate of drug-likeness (QED) is 0.853. The molecular formula is C19H20F2N2O. The third kappa shape index (κ3) is 3.96. The topological polar surface area (TPSA) is 33.2 Å². The number of pyridine rings is 1. The van der Waals surface area contributed by atoms with Gasteiger partial charge in [-0.2, -0.15) is 0 Å². The summed E-state index contributed by atoms with van der Waals surface area (Å²) in [5.41, 5.74) is 1.26. The minimum atomic E-state index is -0.816. The highest BCUT2D eigenvalue weighted by Crippen LogP contribution is 2.23. The fourth-order valence-electron chi connectivity index (χ4n) is 3.20. The largest absolute Gasteiger partial charge is 0.337 e. The molecule has 3 nitrogen and oxygen atoms in total. The van der Waals surface area contributed by atoms with Crippen LogP contribution >= 0.6 is 0 Å². The molecule has 1 fully saturated rings. The monoisotopic (exact) mass is 330 g/mol. The van der Waals surface area contributed by atoms with Gasteiger partial charge in [0.25, 0.3) is 5.91 Å². The van der Waals surface area contributed by atoms with E-state index in [1.54, 1.807) is 24.4 Å². The fraction of sp³-hybridized carbons (Fsp3) is 0.368. The van der Waals surface area contributed by atoms with Crippen LogP contribution in [-0.4, -0.2) is 28.9 Å². The summed E-state index contributed by atoms with van der Waals surface area (Å²) in [6.07, 6.45) is 5.18. The van der Waals surface area contributed by atoms with Gasteiger partial charge >= 0.3 is 0 Å². The number of carbonyl (C=O) groups excluding carboxylic acids is 1. The lowest BCUT2D eigenvalue weighted by Crippen LogP contribution is -2.40. The van der Waals surface area contributed by atoms with Crippen LogP contribution < -0.4 is 0 Å². The normalized spacial score (nSPS) is 17.8. The molecule has 3 rings (SSSR count). The summed E-state index contributed by atoms with van der Waals surface area (Å²) in [5, 5.41) is 0. The summed E-state index contributed by atoms with van der Waals surface area (Å²) in [6.45, 7) is 1.44. The zero-order chi connectivity index (χ0) is 16.9. The van der Waals surface area contributed by atoms with Crippen LogP contribution in [0.3, 0.4) is 0 Å². The van der Waals surface area contributed by atoms with Crippen LogP contribution in [0.1, 0.15) is 35.3 Å². The molecule has 0 bridgehead atoms. The zero-order valence-corrected chi connectivity index (χ0v) is 13.4. The van der Waals surface area contributed by atoms with E-state index >= 15 is 0 Å². The van der Waals surface area contributed by atoms with Crippen molar-refractivity contribution in [3.63, 3.8) is 0 Å². The van der Waals surface area contributed by atoms with Gasteiger partial charge in [0.05, 0.1) is 0 Å². The number of piperidine rings is 1. The first-order valence-electron chi connectivity index (χ1n) is 8.27. The number of hydrogen-bond donors (Lipinski definition) is 0. The average molecular weight is 330 g/mol. The highest BCUT2D eigenvalue weighted by atomic mass is 19.2. The molecular weight excluding hydrogens is 310 g/mol. The van der Waals surface area contributed by atoms with Crippen LogP contribution in [-0.2, 0) is 6.42 Å². The van der Waals surface area contributed by atoms with E-state index in [0.717, 1.165) is 31.4 Å². The van der Waals surface area contributed by atoms with Crippen molar-refractivity contribution in [3.05, 3.63) is 65.5 Å². The predicted octanol–water partition coefficient (Wildman–Crippen LogP) is 3.84. The van der Waals surface area contributed by atoms with Gasteiger partial charge in [0.1, 0.15) is 5.69 Å². The number of hydrogen-bond acceptors (Lipinski definition) is 2. The number of aromatic nitrogens is 1. The third-order valence-corrected chi connectivity index (χ3v) is 4.52. The molecule has 5 heteroatoms. The van der Waals surface area contributed by atoms with Gasteiger partial charge < -0.3 is 4.90 Å². The number of carbonyl (C=O) groups is 1. The zero-order valence-electron chi connectivity index (χ0n) is 13.4. The van der Waals surface area contributed by atoms with Gasteiger partial charge in [-0.1, -0.05) is 12.1 Å². The maximum absolute atomic E-state index is 13.3. The Morgan fingerprint density at radius 1 is 1.21 bits per heavy atom. The van der Waals surface area contributed by atoms with E-state index in [1.807, 2.05) is 11.0 Å². The number of likely N-dealkylation sites (tertiary alicyclic amines) is 1. The molecule has 0 spiro atoms. The first-order valence-corrected chi connectivity index (χ1v) is 8.27. The number of nitrogens with zero attached hydrogens (tertiary/aromatic N) is 2. The molecule has 1 aliphatic rings. The Hall–Kier alpha value is -2.30. The standard InChI is InChI=1S/C19H20F2N2O/c20-16-9-8-14(12-17(16)21)6-7-15-4-3-11-23(13-15)19(24)18-5-1-2-10-22-18/h1-2,5,8-10,12,15H,3-4,6-7,11,13H2/t15-/m1/s1. The third-order valence-electron chi connectivity index (χ3n) is 4.52. The number of aryl methyl sites for hydroxylation is 1. The van der Waals surface area contributed by atoms with Crippen molar-refractivity contribution >= 4 is 5.91 Å². The van der Waals surface area contributed by atoms with Crippen molar-refractivity contribution < 1.29 is 13.6 Å². The van der Waals surface area contributed by atoms with Crippen molar-refractivity contribution in [1.29, 1.82) is 0 Å². The number of amides is 1. The molecule has 1 atom stereocenters. The van der Waals surface area contributed by atoms with Gasteiger partial charge in [0, 0.05) is 19.3 Å². The van der Waals surface area contributed by atoms with Crippen molar-refractivity contribution in [2.45, 2.75) is 25.7 Å². The van der Waals surface area contributed by atoms with E-state index in [0.29, 0.717) is 24.6 Å². The minimum Gasteiger partial charge on any atom is -0.337 e. The second-order valence-electron chi connectivity index (χ2n) is 6.26. The second-order valence-corrected chi connectivity index (χ2v) is 6.26. The number of halogens is 2. The lowest BCUT2D eigenvalue weighted by Gasteiger charge is -2.32. The van der Waals surface area contributed by atoms with Gasteiger partial charge in [-0.15, -0.1) is 0 Å². The summed E-state index contributed by atoms with van der Waals surface area (Å²) in [4.78, 5) is 18.4. The van der Waals surface area contributed by atoms with Crippen molar-refractivity contribution in [2.24, 2.45) is 5.92 Å². The molecule has 1 saturated heterocycles. The van der Waals surface area contributed by atoms with E-state index in [-0.39, 0.29) is 5.91 Å². The fourth-order valence-corrected chi connectivity index (χ4v) is 3.20. The van der Waals surface area contributed by atoms with E-state index in [4.69, 9.17) is 0 Å². The van der Waals surface area contributed by atoms with Gasteiger partial charge in [-0.05, 0) is 61.4 Å².